The summed E-state index contributed by atoms with van der Waals surface area (Å²) in [6.07, 6.45) is 30.9. The molecule has 4 aromatic rings. The summed E-state index contributed by atoms with van der Waals surface area (Å²) in [7, 11) is 0. The highest BCUT2D eigenvalue weighted by Gasteiger charge is 2.65. The molecule has 6 heterocycles. The van der Waals surface area contributed by atoms with Gasteiger partial charge in [-0.15, -0.1) is 12.8 Å². The first kappa shape index (κ1) is 54.1. The molecule has 12 aliphatic carbocycles. The smallest absolute Gasteiger partial charge is 0.430 e. The van der Waals surface area contributed by atoms with E-state index in [2.05, 4.69) is 41.7 Å². The second kappa shape index (κ2) is 20.2. The minimum atomic E-state index is -1.51. The summed E-state index contributed by atoms with van der Waals surface area (Å²) in [5.74, 6) is 6.40. The molecule has 23 heteroatoms. The van der Waals surface area contributed by atoms with Gasteiger partial charge in [0, 0.05) is 23.7 Å². The third-order valence-corrected chi connectivity index (χ3v) is 22.5. The third-order valence-electron chi connectivity index (χ3n) is 22.2. The number of aromatic nitrogens is 8. The van der Waals surface area contributed by atoms with E-state index >= 15 is 4.79 Å². The van der Waals surface area contributed by atoms with Gasteiger partial charge in [0.1, 0.15) is 59.1 Å². The van der Waals surface area contributed by atoms with Gasteiger partial charge in [-0.2, -0.15) is 19.9 Å². The SMILES string of the molecule is C#CC1(COC(=O)OC23CCC(CC2)CC3)OC(n2cnc3c(N)nc(Cl)nc32)CC1C1CC2CCC1(OC(=O)OC13CCC(CC1)CC3C1CC(n3cnc4c(N)nc(Cl)nc43)OC1(C#C)COC(=O)OC13CCC(CC1)CC3)CC2. The van der Waals surface area contributed by atoms with Crippen molar-refractivity contribution < 1.29 is 52.3 Å². The molecule has 8 unspecified atom stereocenters. The van der Waals surface area contributed by atoms with Crippen LogP contribution < -0.4 is 11.5 Å². The van der Waals surface area contributed by atoms with E-state index in [-0.39, 0.29) is 47.3 Å². The molecule has 82 heavy (non-hydrogen) atoms. The summed E-state index contributed by atoms with van der Waals surface area (Å²) in [5, 5.41) is -0.125. The number of nitrogen functional groups attached to an aromatic ring is 2. The minimum absolute atomic E-state index is 0.0624. The number of carbonyl (C=O) groups is 3. The van der Waals surface area contributed by atoms with E-state index in [9.17, 15) is 9.59 Å². The van der Waals surface area contributed by atoms with E-state index in [0.717, 1.165) is 103 Å². The van der Waals surface area contributed by atoms with E-state index in [1.165, 1.54) is 0 Å². The number of halogens is 2. The summed E-state index contributed by atoms with van der Waals surface area (Å²) in [6, 6.07) is 0. The van der Waals surface area contributed by atoms with Gasteiger partial charge < -0.3 is 49.4 Å². The number of anilines is 2. The van der Waals surface area contributed by atoms with Gasteiger partial charge >= 0.3 is 18.5 Å². The largest absolute Gasteiger partial charge is 0.509 e. The van der Waals surface area contributed by atoms with E-state index in [4.69, 9.17) is 85.4 Å². The van der Waals surface area contributed by atoms with Gasteiger partial charge in [-0.1, -0.05) is 11.8 Å². The molecule has 14 fully saturated rings. The van der Waals surface area contributed by atoms with E-state index < -0.39 is 76.4 Å². The molecule has 4 N–H and O–H groups in total. The number of ether oxygens (including phenoxy) is 8. The van der Waals surface area contributed by atoms with Crippen LogP contribution in [0.25, 0.3) is 22.3 Å². The molecule has 12 saturated carbocycles. The van der Waals surface area contributed by atoms with Crippen LogP contribution >= 0.6 is 23.2 Å². The van der Waals surface area contributed by atoms with Gasteiger partial charge in [0.05, 0.1) is 12.7 Å². The lowest BCUT2D eigenvalue weighted by Gasteiger charge is -2.56. The van der Waals surface area contributed by atoms with Gasteiger partial charge in [-0.3, -0.25) is 9.13 Å². The molecule has 0 aromatic carbocycles. The standard InChI is InChI=1S/C59H70Cl2N10O11/c1-3-56(29-75-51(72)79-54-15-5-33(6-16-54)7-17-54)39(27-41(77-56)70-31-64-43-45(62)66-49(60)68-47(43)70)37-25-35-11-21-58(37,22-12-35)81-53(74)82-59-23-13-36(14-24-59)26-38(59)40-28-42(71-32-65-44-46(63)67-50(61)69-48(44)71)78-57(40,4-2)30-76-52(73)80-55-18-8-34(9-19-55)10-20-55/h1-2,31-42H,5-30H2,(H2,62,66,68)(H2,63,67,69). The number of nitrogens with zero attached hydrogens (tertiary/aromatic N) is 8. The average Bonchev–Trinajstić information content (AvgIpc) is 4.44. The fourth-order valence-corrected chi connectivity index (χ4v) is 18.1. The quantitative estimate of drug-likeness (QED) is 0.0578. The van der Waals surface area contributed by atoms with Crippen LogP contribution in [0.5, 0.6) is 0 Å². The molecular formula is C59H70Cl2N10O11. The predicted octanol–water partition coefficient (Wildman–Crippen LogP) is 10.8. The fraction of sp³-hybridized carbons (Fsp3) is 0.712. The third kappa shape index (κ3) is 9.15. The zero-order chi connectivity index (χ0) is 56.4. The molecule has 8 atom stereocenters. The highest BCUT2D eigenvalue weighted by molar-refractivity contribution is 6.29. The number of fused-ring (bicyclic) bond motifs is 14. The Balaban J connectivity index is 0.760. The van der Waals surface area contributed by atoms with Crippen molar-refractivity contribution >= 4 is 75.6 Å². The van der Waals surface area contributed by atoms with Crippen LogP contribution in [0.1, 0.15) is 167 Å². The second-order valence-electron chi connectivity index (χ2n) is 26.1. The van der Waals surface area contributed by atoms with Crippen LogP contribution in [0.4, 0.5) is 26.0 Å². The van der Waals surface area contributed by atoms with Crippen molar-refractivity contribution in [2.45, 2.75) is 200 Å². The highest BCUT2D eigenvalue weighted by Crippen LogP contribution is 2.62. The van der Waals surface area contributed by atoms with Crippen molar-refractivity contribution in [1.29, 1.82) is 0 Å². The second-order valence-corrected chi connectivity index (χ2v) is 26.7. The van der Waals surface area contributed by atoms with E-state index in [1.807, 2.05) is 0 Å². The molecule has 18 rings (SSSR count). The zero-order valence-electron chi connectivity index (χ0n) is 45.9. The Kier molecular flexibility index (Phi) is 13.3. The number of hydrogen-bond donors (Lipinski definition) is 2. The number of imidazole rings is 2. The van der Waals surface area contributed by atoms with Crippen LogP contribution in [-0.4, -0.2) is 104 Å². The van der Waals surface area contributed by atoms with Crippen molar-refractivity contribution in [3.8, 4) is 24.7 Å². The van der Waals surface area contributed by atoms with Gasteiger partial charge in [-0.05, 0) is 201 Å². The lowest BCUT2D eigenvalue weighted by atomic mass is 9.55. The first-order valence-corrected chi connectivity index (χ1v) is 30.5. The monoisotopic (exact) mass is 1160 g/mol. The van der Waals surface area contributed by atoms with Gasteiger partial charge in [-0.25, -0.2) is 24.4 Å². The Hall–Kier alpha value is -5.87. The van der Waals surface area contributed by atoms with Crippen LogP contribution in [-0.2, 0) is 37.9 Å². The number of rotatable bonds is 12. The first-order valence-electron chi connectivity index (χ1n) is 29.8. The predicted molar refractivity (Wildman–Crippen MR) is 295 cm³/mol. The number of hydrogen-bond acceptors (Lipinski definition) is 19. The van der Waals surface area contributed by atoms with Crippen molar-refractivity contribution in [1.82, 2.24) is 39.0 Å². The summed E-state index contributed by atoms with van der Waals surface area (Å²) < 4.78 is 56.0. The molecule has 21 nitrogen and oxygen atoms in total. The zero-order valence-corrected chi connectivity index (χ0v) is 47.5. The van der Waals surface area contributed by atoms with Crippen molar-refractivity contribution in [3.63, 3.8) is 0 Å². The maximum Gasteiger partial charge on any atom is 0.509 e. The van der Waals surface area contributed by atoms with Crippen LogP contribution in [0.3, 0.4) is 0 Å². The molecule has 0 amide bonds. The lowest BCUT2D eigenvalue weighted by Crippen LogP contribution is -2.60. The molecule has 8 bridgehead atoms. The summed E-state index contributed by atoms with van der Waals surface area (Å²) in [5.41, 5.74) is 7.73. The lowest BCUT2D eigenvalue weighted by molar-refractivity contribution is -0.198. The Bertz CT molecular complexity index is 3040. The molecule has 14 aliphatic rings. The highest BCUT2D eigenvalue weighted by atomic mass is 35.5. The van der Waals surface area contributed by atoms with Crippen LogP contribution in [0.15, 0.2) is 12.7 Å². The van der Waals surface area contributed by atoms with Gasteiger partial charge in [0.2, 0.25) is 10.6 Å². The van der Waals surface area contributed by atoms with Gasteiger partial charge in [0.15, 0.2) is 34.1 Å². The number of nitrogens with two attached hydrogens (primary N) is 2. The Morgan fingerprint density at radius 2 is 0.890 bits per heavy atom. The molecule has 2 saturated heterocycles. The number of terminal acetylenes is 2. The van der Waals surface area contributed by atoms with Gasteiger partial charge in [0.25, 0.3) is 0 Å². The topological polar surface area (TPSA) is 264 Å². The Labute approximate surface area is 485 Å². The molecular weight excluding hydrogens is 1100 g/mol. The van der Waals surface area contributed by atoms with E-state index in [0.29, 0.717) is 97.4 Å². The molecule has 4 aromatic heterocycles. The van der Waals surface area contributed by atoms with E-state index in [1.54, 1.807) is 21.8 Å². The summed E-state index contributed by atoms with van der Waals surface area (Å²) in [6.45, 7) is -0.626. The molecule has 0 radical (unpaired) electrons. The maximum atomic E-state index is 15.3. The first-order chi connectivity index (χ1) is 39.5. The minimum Gasteiger partial charge on any atom is -0.430 e. The molecule has 2 aliphatic heterocycles. The average molecular weight is 1170 g/mol. The molecule has 436 valence electrons. The summed E-state index contributed by atoms with van der Waals surface area (Å²) >= 11 is 12.7. The maximum absolute atomic E-state index is 15.3. The Morgan fingerprint density at radius 1 is 0.524 bits per heavy atom. The number of carbonyl (C=O) groups excluding carboxylic acids is 3. The molecule has 0 spiro atoms. The van der Waals surface area contributed by atoms with Crippen LogP contribution in [0.2, 0.25) is 10.6 Å². The van der Waals surface area contributed by atoms with Crippen molar-refractivity contribution in [2.75, 3.05) is 24.7 Å². The normalized spacial score (nSPS) is 39.7. The van der Waals surface area contributed by atoms with Crippen molar-refractivity contribution in [3.05, 3.63) is 23.2 Å². The van der Waals surface area contributed by atoms with Crippen molar-refractivity contribution in [2.24, 2.45) is 47.3 Å². The Morgan fingerprint density at radius 3 is 1.26 bits per heavy atom. The fourth-order valence-electron chi connectivity index (χ4n) is 17.7. The summed E-state index contributed by atoms with van der Waals surface area (Å²) in [4.78, 5) is 69.3. The van der Waals surface area contributed by atoms with Crippen LogP contribution in [0, 0.1) is 72.0 Å².